The van der Waals surface area contributed by atoms with Gasteiger partial charge in [-0.2, -0.15) is 0 Å². The number of aliphatic hydroxyl groups excluding tert-OH is 1. The predicted octanol–water partition coefficient (Wildman–Crippen LogP) is 3.41. The first-order valence-corrected chi connectivity index (χ1v) is 9.48. The Labute approximate surface area is 158 Å². The second kappa shape index (κ2) is 7.45. The van der Waals surface area contributed by atoms with Crippen LogP contribution in [0.2, 0.25) is 0 Å². The maximum Gasteiger partial charge on any atom is 0.253 e. The predicted molar refractivity (Wildman–Crippen MR) is 111 cm³/mol. The molecule has 5 heteroatoms. The number of benzene rings is 2. The summed E-state index contributed by atoms with van der Waals surface area (Å²) in [5, 5.41) is 14.2. The van der Waals surface area contributed by atoms with Gasteiger partial charge in [0.2, 0.25) is 0 Å². The first-order chi connectivity index (χ1) is 13.1. The molecule has 140 valence electrons. The van der Waals surface area contributed by atoms with E-state index in [4.69, 9.17) is 0 Å². The molecule has 1 aromatic heterocycles. The van der Waals surface area contributed by atoms with Crippen molar-refractivity contribution in [3.05, 3.63) is 70.0 Å². The van der Waals surface area contributed by atoms with E-state index in [1.807, 2.05) is 43.3 Å². The number of aromatic amines is 1. The lowest BCUT2D eigenvalue weighted by atomic mass is 10.1. The summed E-state index contributed by atoms with van der Waals surface area (Å²) in [5.41, 5.74) is 4.74. The maximum absolute atomic E-state index is 12.4. The van der Waals surface area contributed by atoms with Crippen LogP contribution in [0.1, 0.15) is 24.0 Å². The third-order valence-corrected chi connectivity index (χ3v) is 5.28. The standard InChI is InChI=1S/C22H25N3O2/c1-15-4-2-5-16-12-17(22(27)24-21(15)16)13-23-18-7-9-19(10-8-18)25-11-3-6-20(26)14-25/h2,4-5,7-10,12,20,23,26H,3,6,11,13-14H2,1H3,(H,24,27)/t20-/m0/s1. The highest BCUT2D eigenvalue weighted by Crippen LogP contribution is 2.22. The van der Waals surface area contributed by atoms with E-state index in [1.165, 1.54) is 0 Å². The Morgan fingerprint density at radius 1 is 1.22 bits per heavy atom. The van der Waals surface area contributed by atoms with E-state index in [-0.39, 0.29) is 11.7 Å². The molecule has 0 amide bonds. The number of nitrogens with zero attached hydrogens (tertiary/aromatic N) is 1. The van der Waals surface area contributed by atoms with Gasteiger partial charge < -0.3 is 20.3 Å². The van der Waals surface area contributed by atoms with Crippen molar-refractivity contribution in [1.29, 1.82) is 0 Å². The zero-order valence-electron chi connectivity index (χ0n) is 15.5. The number of β-amino-alcohol motifs (C(OH)–C–C–N with tert-alkyl or cyclic N) is 1. The molecular formula is C22H25N3O2. The Balaban J connectivity index is 1.46. The van der Waals surface area contributed by atoms with Crippen LogP contribution in [-0.2, 0) is 6.54 Å². The molecule has 1 atom stereocenters. The van der Waals surface area contributed by atoms with Gasteiger partial charge >= 0.3 is 0 Å². The number of pyridine rings is 1. The number of H-pyrrole nitrogens is 1. The lowest BCUT2D eigenvalue weighted by molar-refractivity contribution is 0.154. The van der Waals surface area contributed by atoms with E-state index >= 15 is 0 Å². The van der Waals surface area contributed by atoms with Crippen molar-refractivity contribution in [3.63, 3.8) is 0 Å². The molecule has 27 heavy (non-hydrogen) atoms. The van der Waals surface area contributed by atoms with Gasteiger partial charge in [-0.3, -0.25) is 4.79 Å². The highest BCUT2D eigenvalue weighted by molar-refractivity contribution is 5.82. The topological polar surface area (TPSA) is 68.4 Å². The highest BCUT2D eigenvalue weighted by Gasteiger charge is 2.17. The minimum absolute atomic E-state index is 0.0526. The molecule has 0 saturated carbocycles. The van der Waals surface area contributed by atoms with Crippen molar-refractivity contribution in [2.75, 3.05) is 23.3 Å². The van der Waals surface area contributed by atoms with Crippen LogP contribution in [0.15, 0.2) is 53.3 Å². The third-order valence-electron chi connectivity index (χ3n) is 5.28. The average molecular weight is 363 g/mol. The molecule has 0 bridgehead atoms. The lowest BCUT2D eigenvalue weighted by Crippen LogP contribution is -2.38. The zero-order valence-corrected chi connectivity index (χ0v) is 15.5. The molecule has 5 nitrogen and oxygen atoms in total. The summed E-state index contributed by atoms with van der Waals surface area (Å²) in [5.74, 6) is 0. The van der Waals surface area contributed by atoms with Crippen molar-refractivity contribution < 1.29 is 5.11 Å². The van der Waals surface area contributed by atoms with Crippen LogP contribution < -0.4 is 15.8 Å². The number of fused-ring (bicyclic) bond motifs is 1. The quantitative estimate of drug-likeness (QED) is 0.664. The number of aryl methyl sites for hydroxylation is 1. The fourth-order valence-corrected chi connectivity index (χ4v) is 3.74. The summed E-state index contributed by atoms with van der Waals surface area (Å²) in [4.78, 5) is 17.6. The Kier molecular flexibility index (Phi) is 4.86. The van der Waals surface area contributed by atoms with Gasteiger partial charge in [-0.15, -0.1) is 0 Å². The molecule has 0 radical (unpaired) electrons. The summed E-state index contributed by atoms with van der Waals surface area (Å²) >= 11 is 0. The van der Waals surface area contributed by atoms with Gasteiger partial charge in [0, 0.05) is 36.6 Å². The number of anilines is 2. The van der Waals surface area contributed by atoms with Crippen LogP contribution in [0.25, 0.3) is 10.9 Å². The van der Waals surface area contributed by atoms with E-state index in [0.717, 1.165) is 52.8 Å². The summed E-state index contributed by atoms with van der Waals surface area (Å²) in [6, 6.07) is 16.2. The molecule has 1 aliphatic heterocycles. The van der Waals surface area contributed by atoms with Crippen molar-refractivity contribution in [2.24, 2.45) is 0 Å². The SMILES string of the molecule is Cc1cccc2cc(CNc3ccc(N4CCC[C@H](O)C4)cc3)c(=O)[nH]c12. The molecule has 1 saturated heterocycles. The highest BCUT2D eigenvalue weighted by atomic mass is 16.3. The van der Waals surface area contributed by atoms with Gasteiger partial charge in [0.15, 0.2) is 0 Å². The van der Waals surface area contributed by atoms with Gasteiger partial charge in [-0.1, -0.05) is 18.2 Å². The fourth-order valence-electron chi connectivity index (χ4n) is 3.74. The zero-order chi connectivity index (χ0) is 18.8. The third kappa shape index (κ3) is 3.83. The number of aromatic nitrogens is 1. The van der Waals surface area contributed by atoms with Crippen molar-refractivity contribution in [2.45, 2.75) is 32.4 Å². The van der Waals surface area contributed by atoms with Crippen LogP contribution >= 0.6 is 0 Å². The Bertz CT molecular complexity index is 995. The number of hydrogen-bond donors (Lipinski definition) is 3. The van der Waals surface area contributed by atoms with Crippen LogP contribution in [0, 0.1) is 6.92 Å². The summed E-state index contributed by atoms with van der Waals surface area (Å²) < 4.78 is 0. The minimum atomic E-state index is -0.236. The molecule has 1 fully saturated rings. The minimum Gasteiger partial charge on any atom is -0.391 e. The first kappa shape index (κ1) is 17.6. The van der Waals surface area contributed by atoms with Crippen molar-refractivity contribution in [1.82, 2.24) is 4.98 Å². The van der Waals surface area contributed by atoms with E-state index in [2.05, 4.69) is 27.3 Å². The molecule has 2 aromatic carbocycles. The molecule has 2 heterocycles. The van der Waals surface area contributed by atoms with Gasteiger partial charge in [0.05, 0.1) is 11.6 Å². The molecule has 3 N–H and O–H groups in total. The number of rotatable bonds is 4. The van der Waals surface area contributed by atoms with Crippen LogP contribution in [0.3, 0.4) is 0 Å². The molecule has 3 aromatic rings. The molecular weight excluding hydrogens is 338 g/mol. The van der Waals surface area contributed by atoms with Gasteiger partial charge in [0.25, 0.3) is 5.56 Å². The Hall–Kier alpha value is -2.79. The van der Waals surface area contributed by atoms with Crippen LogP contribution in [0.5, 0.6) is 0 Å². The molecule has 0 unspecified atom stereocenters. The van der Waals surface area contributed by atoms with Crippen LogP contribution in [-0.4, -0.2) is 29.3 Å². The number of nitrogens with one attached hydrogen (secondary N) is 2. The smallest absolute Gasteiger partial charge is 0.253 e. The molecule has 1 aliphatic rings. The first-order valence-electron chi connectivity index (χ1n) is 9.48. The Morgan fingerprint density at radius 2 is 2.04 bits per heavy atom. The molecule has 0 spiro atoms. The van der Waals surface area contributed by atoms with E-state index in [9.17, 15) is 9.90 Å². The molecule has 0 aliphatic carbocycles. The maximum atomic E-state index is 12.4. The summed E-state index contributed by atoms with van der Waals surface area (Å²) in [6.45, 7) is 4.15. The number of aliphatic hydroxyl groups is 1. The van der Waals surface area contributed by atoms with E-state index in [0.29, 0.717) is 13.1 Å². The van der Waals surface area contributed by atoms with Gasteiger partial charge in [-0.05, 0) is 61.0 Å². The fraction of sp³-hybridized carbons (Fsp3) is 0.318. The second-order valence-corrected chi connectivity index (χ2v) is 7.31. The largest absolute Gasteiger partial charge is 0.391 e. The second-order valence-electron chi connectivity index (χ2n) is 7.31. The van der Waals surface area contributed by atoms with Crippen molar-refractivity contribution in [3.8, 4) is 0 Å². The van der Waals surface area contributed by atoms with E-state index in [1.54, 1.807) is 0 Å². The normalized spacial score (nSPS) is 17.3. The number of piperidine rings is 1. The van der Waals surface area contributed by atoms with Gasteiger partial charge in [-0.25, -0.2) is 0 Å². The summed E-state index contributed by atoms with van der Waals surface area (Å²) in [6.07, 6.45) is 1.67. The van der Waals surface area contributed by atoms with E-state index < -0.39 is 0 Å². The monoisotopic (exact) mass is 363 g/mol. The summed E-state index contributed by atoms with van der Waals surface area (Å²) in [7, 11) is 0. The average Bonchev–Trinajstić information content (AvgIpc) is 2.68. The number of para-hydroxylation sites is 1. The van der Waals surface area contributed by atoms with Crippen molar-refractivity contribution >= 4 is 22.3 Å². The Morgan fingerprint density at radius 3 is 2.81 bits per heavy atom. The number of hydrogen-bond acceptors (Lipinski definition) is 4. The molecule has 4 rings (SSSR count). The lowest BCUT2D eigenvalue weighted by Gasteiger charge is -2.32. The van der Waals surface area contributed by atoms with Crippen LogP contribution in [0.4, 0.5) is 11.4 Å². The van der Waals surface area contributed by atoms with Gasteiger partial charge in [0.1, 0.15) is 0 Å².